The first kappa shape index (κ1) is 34.9. The van der Waals surface area contributed by atoms with Crippen LogP contribution >= 0.6 is 23.2 Å². The standard InChI is InChI=1S/C32H42Cl2N6O4S/c1-6-7-8-9-10-11-17-44-25-15-14-21(2)18-26(25)45(42,43)35-16-12-13-27-37-38-31-28(30(32(3,4)5)39-40(27)31)36-22-19-23(33)29(41)24(34)20-22/h14-15,18-20,35,41H,6-13,16-17H2,1-5H3. The lowest BCUT2D eigenvalue weighted by atomic mass is 9.87. The van der Waals surface area contributed by atoms with Gasteiger partial charge in [0.1, 0.15) is 16.4 Å². The van der Waals surface area contributed by atoms with Crippen molar-refractivity contribution in [2.24, 2.45) is 15.5 Å². The summed E-state index contributed by atoms with van der Waals surface area (Å²) in [7, 11) is -3.81. The van der Waals surface area contributed by atoms with Gasteiger partial charge in [-0.3, -0.25) is 0 Å². The van der Waals surface area contributed by atoms with E-state index in [0.717, 1.165) is 24.8 Å². The summed E-state index contributed by atoms with van der Waals surface area (Å²) in [4.78, 5) is 4.87. The zero-order valence-corrected chi connectivity index (χ0v) is 28.9. The molecule has 4 rings (SSSR count). The Balaban J connectivity index is 1.42. The number of nitrogens with zero attached hydrogens (tertiary/aromatic N) is 5. The summed E-state index contributed by atoms with van der Waals surface area (Å²) in [6, 6.07) is 8.26. The van der Waals surface area contributed by atoms with Gasteiger partial charge in [0.2, 0.25) is 15.8 Å². The molecule has 0 aliphatic carbocycles. The molecule has 0 bridgehead atoms. The van der Waals surface area contributed by atoms with Gasteiger partial charge in [0.05, 0.1) is 28.1 Å². The van der Waals surface area contributed by atoms with Crippen LogP contribution in [0.5, 0.6) is 11.5 Å². The number of phenolic OH excluding ortho intramolecular Hbond substituents is 1. The van der Waals surface area contributed by atoms with Crippen molar-refractivity contribution in [3.8, 4) is 11.5 Å². The minimum Gasteiger partial charge on any atom is -0.505 e. The fraction of sp³-hybridized carbons (Fsp3) is 0.500. The fourth-order valence-corrected chi connectivity index (χ4v) is 6.64. The number of fused-ring (bicyclic) bond motifs is 1. The first-order valence-electron chi connectivity index (χ1n) is 15.4. The molecule has 1 aliphatic heterocycles. The fourth-order valence-electron chi connectivity index (χ4n) is 4.87. The van der Waals surface area contributed by atoms with Crippen LogP contribution in [0.4, 0.5) is 5.69 Å². The molecule has 244 valence electrons. The number of halogens is 2. The lowest BCUT2D eigenvalue weighted by Gasteiger charge is -2.18. The summed E-state index contributed by atoms with van der Waals surface area (Å²) in [5, 5.41) is 23.6. The van der Waals surface area contributed by atoms with Gasteiger partial charge in [0.15, 0.2) is 11.6 Å². The number of nitrogens with one attached hydrogen (secondary N) is 1. The number of hydrogen-bond acceptors (Lipinski definition) is 8. The molecular formula is C32H42Cl2N6O4S. The minimum atomic E-state index is -3.81. The SMILES string of the molecule is CCCCCCCCOc1ccc(C)cc1S(=O)(=O)NCCCc1nnc2n1N=C(C(C)(C)C)C2=Nc1cc(Cl)c(O)c(Cl)c1. The monoisotopic (exact) mass is 676 g/mol. The van der Waals surface area contributed by atoms with Crippen LogP contribution in [-0.2, 0) is 16.4 Å². The van der Waals surface area contributed by atoms with Crippen molar-refractivity contribution in [2.75, 3.05) is 13.2 Å². The van der Waals surface area contributed by atoms with Gasteiger partial charge in [-0.2, -0.15) is 9.78 Å². The second kappa shape index (κ2) is 15.1. The molecule has 0 saturated heterocycles. The summed E-state index contributed by atoms with van der Waals surface area (Å²) >= 11 is 12.2. The van der Waals surface area contributed by atoms with E-state index in [9.17, 15) is 13.5 Å². The number of benzene rings is 2. The average molecular weight is 678 g/mol. The number of phenols is 1. The van der Waals surface area contributed by atoms with Crippen LogP contribution in [0.25, 0.3) is 0 Å². The van der Waals surface area contributed by atoms with E-state index in [1.807, 2.05) is 33.8 Å². The predicted molar refractivity (Wildman–Crippen MR) is 180 cm³/mol. The Hall–Kier alpha value is -2.99. The Kier molecular flexibility index (Phi) is 11.7. The van der Waals surface area contributed by atoms with Crippen molar-refractivity contribution in [3.05, 3.63) is 57.6 Å². The molecule has 1 aromatic heterocycles. The smallest absolute Gasteiger partial charge is 0.244 e. The molecule has 0 atom stereocenters. The highest BCUT2D eigenvalue weighted by molar-refractivity contribution is 7.89. The summed E-state index contributed by atoms with van der Waals surface area (Å²) < 4.78 is 36.9. The largest absolute Gasteiger partial charge is 0.505 e. The van der Waals surface area contributed by atoms with E-state index in [0.29, 0.717) is 54.0 Å². The van der Waals surface area contributed by atoms with E-state index in [1.165, 1.54) is 31.4 Å². The minimum absolute atomic E-state index is 0.0841. The number of aromatic nitrogens is 3. The van der Waals surface area contributed by atoms with Crippen LogP contribution in [0.15, 0.2) is 45.3 Å². The number of aryl methyl sites for hydroxylation is 2. The van der Waals surface area contributed by atoms with Crippen LogP contribution in [0, 0.1) is 12.3 Å². The predicted octanol–water partition coefficient (Wildman–Crippen LogP) is 7.63. The van der Waals surface area contributed by atoms with Gasteiger partial charge >= 0.3 is 0 Å². The molecule has 1 aliphatic rings. The molecule has 10 nitrogen and oxygen atoms in total. The Labute approximate surface area is 276 Å². The van der Waals surface area contributed by atoms with Gasteiger partial charge < -0.3 is 9.84 Å². The molecule has 0 amide bonds. The molecule has 2 aromatic carbocycles. The van der Waals surface area contributed by atoms with Crippen molar-refractivity contribution in [2.45, 2.75) is 90.9 Å². The van der Waals surface area contributed by atoms with Crippen LogP contribution in [0.2, 0.25) is 10.0 Å². The summed E-state index contributed by atoms with van der Waals surface area (Å²) in [5.74, 6) is 1.20. The second-order valence-electron chi connectivity index (χ2n) is 12.2. The maximum Gasteiger partial charge on any atom is 0.244 e. The lowest BCUT2D eigenvalue weighted by molar-refractivity contribution is 0.296. The first-order valence-corrected chi connectivity index (χ1v) is 17.6. The Morgan fingerprint density at radius 2 is 1.69 bits per heavy atom. The number of unbranched alkanes of at least 4 members (excludes halogenated alkanes) is 5. The Morgan fingerprint density at radius 1 is 1.00 bits per heavy atom. The molecule has 0 radical (unpaired) electrons. The quantitative estimate of drug-likeness (QED) is 0.159. The highest BCUT2D eigenvalue weighted by Gasteiger charge is 2.35. The van der Waals surface area contributed by atoms with E-state index in [4.69, 9.17) is 38.0 Å². The van der Waals surface area contributed by atoms with Crippen molar-refractivity contribution in [1.29, 1.82) is 0 Å². The second-order valence-corrected chi connectivity index (χ2v) is 14.8. The third kappa shape index (κ3) is 8.84. The van der Waals surface area contributed by atoms with Crippen molar-refractivity contribution in [1.82, 2.24) is 19.6 Å². The van der Waals surface area contributed by atoms with Crippen molar-refractivity contribution >= 4 is 50.3 Å². The molecule has 0 unspecified atom stereocenters. The van der Waals surface area contributed by atoms with E-state index in [2.05, 4.69) is 21.8 Å². The Morgan fingerprint density at radius 3 is 2.38 bits per heavy atom. The molecule has 3 aromatic rings. The zero-order valence-electron chi connectivity index (χ0n) is 26.5. The van der Waals surface area contributed by atoms with Gasteiger partial charge in [-0.15, -0.1) is 10.2 Å². The normalized spacial score (nSPS) is 14.2. The van der Waals surface area contributed by atoms with Crippen LogP contribution in [0.1, 0.15) is 89.9 Å². The molecule has 45 heavy (non-hydrogen) atoms. The lowest BCUT2D eigenvalue weighted by Crippen LogP contribution is -2.27. The number of sulfonamides is 1. The van der Waals surface area contributed by atoms with Gasteiger partial charge in [0, 0.05) is 18.4 Å². The summed E-state index contributed by atoms with van der Waals surface area (Å²) in [6.07, 6.45) is 7.65. The van der Waals surface area contributed by atoms with Crippen molar-refractivity contribution in [3.63, 3.8) is 0 Å². The van der Waals surface area contributed by atoms with Gasteiger partial charge in [-0.1, -0.05) is 89.1 Å². The van der Waals surface area contributed by atoms with Gasteiger partial charge in [0.25, 0.3) is 0 Å². The third-order valence-electron chi connectivity index (χ3n) is 7.31. The number of rotatable bonds is 15. The van der Waals surface area contributed by atoms with E-state index in [-0.39, 0.29) is 32.7 Å². The van der Waals surface area contributed by atoms with Crippen LogP contribution < -0.4 is 9.46 Å². The average Bonchev–Trinajstić information content (AvgIpc) is 3.54. The Bertz CT molecular complexity index is 1660. The highest BCUT2D eigenvalue weighted by atomic mass is 35.5. The van der Waals surface area contributed by atoms with Gasteiger partial charge in [-0.05, 0) is 49.6 Å². The zero-order chi connectivity index (χ0) is 32.8. The summed E-state index contributed by atoms with van der Waals surface area (Å²) in [6.45, 7) is 10.8. The first-order chi connectivity index (χ1) is 21.3. The third-order valence-corrected chi connectivity index (χ3v) is 9.37. The molecule has 0 saturated carbocycles. The van der Waals surface area contributed by atoms with Crippen LogP contribution in [0.3, 0.4) is 0 Å². The number of hydrogen-bond donors (Lipinski definition) is 2. The molecule has 0 spiro atoms. The molecular weight excluding hydrogens is 635 g/mol. The number of aromatic hydroxyl groups is 1. The molecule has 0 fully saturated rings. The molecule has 2 N–H and O–H groups in total. The summed E-state index contributed by atoms with van der Waals surface area (Å²) in [5.41, 5.74) is 2.12. The number of aliphatic imine (C=N–C) groups is 1. The number of ether oxygens (including phenoxy) is 1. The van der Waals surface area contributed by atoms with E-state index in [1.54, 1.807) is 16.8 Å². The molecule has 2 heterocycles. The molecule has 13 heteroatoms. The van der Waals surface area contributed by atoms with Gasteiger partial charge in [-0.25, -0.2) is 18.1 Å². The topological polar surface area (TPSA) is 131 Å². The van der Waals surface area contributed by atoms with Crippen molar-refractivity contribution < 1.29 is 18.3 Å². The maximum atomic E-state index is 13.3. The van der Waals surface area contributed by atoms with Crippen LogP contribution in [-0.4, -0.2) is 53.0 Å². The van der Waals surface area contributed by atoms with E-state index >= 15 is 0 Å². The maximum absolute atomic E-state index is 13.3. The van der Waals surface area contributed by atoms with E-state index < -0.39 is 10.0 Å². The highest BCUT2D eigenvalue weighted by Crippen LogP contribution is 2.37.